The van der Waals surface area contributed by atoms with E-state index < -0.39 is 0 Å². The Hall–Kier alpha value is -1.67. The average Bonchev–Trinajstić information content (AvgIpc) is 2.46. The molecule has 0 amide bonds. The van der Waals surface area contributed by atoms with E-state index in [9.17, 15) is 0 Å². The highest BCUT2D eigenvalue weighted by atomic mass is 35.5. The molecule has 3 rings (SSSR count). The summed E-state index contributed by atoms with van der Waals surface area (Å²) < 4.78 is 6.29. The summed E-state index contributed by atoms with van der Waals surface area (Å²) in [6, 6.07) is 14.5. The van der Waals surface area contributed by atoms with Gasteiger partial charge in [-0.05, 0) is 36.6 Å². The van der Waals surface area contributed by atoms with Crippen LogP contribution in [0.2, 0.25) is 5.02 Å². The number of hydrogen-bond donors (Lipinski definition) is 1. The Bertz CT molecular complexity index is 612. The van der Waals surface area contributed by atoms with Gasteiger partial charge < -0.3 is 10.1 Å². The topological polar surface area (TPSA) is 21.3 Å². The van der Waals surface area contributed by atoms with Crippen molar-refractivity contribution in [2.75, 3.05) is 5.32 Å². The van der Waals surface area contributed by atoms with E-state index in [1.54, 1.807) is 0 Å². The third-order valence-corrected chi connectivity index (χ3v) is 3.98. The van der Waals surface area contributed by atoms with Gasteiger partial charge in [-0.2, -0.15) is 0 Å². The highest BCUT2D eigenvalue weighted by Crippen LogP contribution is 2.41. The minimum absolute atomic E-state index is 0.0357. The molecule has 1 heterocycles. The SMILES string of the molecule is CCC1Nc2cc(Cl)cc(C)c2OC1c1ccccc1. The fourth-order valence-electron chi connectivity index (χ4n) is 2.74. The molecule has 2 aromatic rings. The number of benzene rings is 2. The summed E-state index contributed by atoms with van der Waals surface area (Å²) in [5.41, 5.74) is 3.26. The van der Waals surface area contributed by atoms with Gasteiger partial charge in [0.2, 0.25) is 0 Å². The van der Waals surface area contributed by atoms with Gasteiger partial charge >= 0.3 is 0 Å². The monoisotopic (exact) mass is 287 g/mol. The first kappa shape index (κ1) is 13.3. The standard InChI is InChI=1S/C17H18ClNO/c1-3-14-17(12-7-5-4-6-8-12)20-16-11(2)9-13(18)10-15(16)19-14/h4-10,14,17,19H,3H2,1-2H3. The van der Waals surface area contributed by atoms with Crippen LogP contribution in [0.5, 0.6) is 5.75 Å². The first-order valence-electron chi connectivity index (χ1n) is 6.97. The molecular formula is C17H18ClNO. The second kappa shape index (κ2) is 5.37. The maximum Gasteiger partial charge on any atom is 0.146 e. The highest BCUT2D eigenvalue weighted by Gasteiger charge is 2.30. The maximum absolute atomic E-state index is 6.29. The number of ether oxygens (including phenoxy) is 1. The number of fused-ring (bicyclic) bond motifs is 1. The predicted molar refractivity (Wildman–Crippen MR) is 83.7 cm³/mol. The molecule has 0 aromatic heterocycles. The van der Waals surface area contributed by atoms with Crippen LogP contribution in [0.4, 0.5) is 5.69 Å². The number of aryl methyl sites for hydroxylation is 1. The first-order chi connectivity index (χ1) is 9.69. The van der Waals surface area contributed by atoms with E-state index in [1.807, 2.05) is 25.1 Å². The molecule has 3 heteroatoms. The van der Waals surface area contributed by atoms with E-state index in [-0.39, 0.29) is 12.1 Å². The fraction of sp³-hybridized carbons (Fsp3) is 0.294. The molecule has 0 radical (unpaired) electrons. The van der Waals surface area contributed by atoms with Crippen LogP contribution in [0.25, 0.3) is 0 Å². The zero-order valence-electron chi connectivity index (χ0n) is 11.7. The molecule has 104 valence electrons. The zero-order chi connectivity index (χ0) is 14.1. The lowest BCUT2D eigenvalue weighted by Crippen LogP contribution is -2.34. The molecular weight excluding hydrogens is 270 g/mol. The summed E-state index contributed by atoms with van der Waals surface area (Å²) in [5, 5.41) is 4.31. The lowest BCUT2D eigenvalue weighted by Gasteiger charge is -2.36. The fourth-order valence-corrected chi connectivity index (χ4v) is 3.01. The molecule has 0 aliphatic carbocycles. The van der Waals surface area contributed by atoms with Crippen LogP contribution in [-0.4, -0.2) is 6.04 Å². The van der Waals surface area contributed by atoms with Gasteiger partial charge in [-0.25, -0.2) is 0 Å². The van der Waals surface area contributed by atoms with Crippen molar-refractivity contribution < 1.29 is 4.74 Å². The normalized spacial score (nSPS) is 20.8. The predicted octanol–water partition coefficient (Wildman–Crippen LogP) is 4.97. The van der Waals surface area contributed by atoms with Gasteiger partial charge in [-0.1, -0.05) is 48.9 Å². The molecule has 20 heavy (non-hydrogen) atoms. The van der Waals surface area contributed by atoms with Gasteiger partial charge in [0.05, 0.1) is 11.7 Å². The van der Waals surface area contributed by atoms with Crippen molar-refractivity contribution in [1.82, 2.24) is 0 Å². The quantitative estimate of drug-likeness (QED) is 0.842. The zero-order valence-corrected chi connectivity index (χ0v) is 12.4. The first-order valence-corrected chi connectivity index (χ1v) is 7.35. The van der Waals surface area contributed by atoms with Crippen LogP contribution < -0.4 is 10.1 Å². The summed E-state index contributed by atoms with van der Waals surface area (Å²) in [6.45, 7) is 4.19. The molecule has 0 bridgehead atoms. The van der Waals surface area contributed by atoms with Gasteiger partial charge in [0.25, 0.3) is 0 Å². The summed E-state index contributed by atoms with van der Waals surface area (Å²) >= 11 is 6.13. The van der Waals surface area contributed by atoms with Crippen molar-refractivity contribution in [1.29, 1.82) is 0 Å². The summed E-state index contributed by atoms with van der Waals surface area (Å²) in [4.78, 5) is 0. The average molecular weight is 288 g/mol. The molecule has 2 atom stereocenters. The second-order valence-electron chi connectivity index (χ2n) is 5.21. The second-order valence-corrected chi connectivity index (χ2v) is 5.64. The Morgan fingerprint density at radius 1 is 1.20 bits per heavy atom. The van der Waals surface area contributed by atoms with Gasteiger partial charge in [-0.3, -0.25) is 0 Å². The van der Waals surface area contributed by atoms with Crippen LogP contribution in [-0.2, 0) is 0 Å². The minimum atomic E-state index is 0.0357. The number of halogens is 1. The molecule has 0 saturated carbocycles. The Morgan fingerprint density at radius 3 is 2.65 bits per heavy atom. The maximum atomic E-state index is 6.29. The van der Waals surface area contributed by atoms with Crippen molar-refractivity contribution in [3.8, 4) is 5.75 Å². The van der Waals surface area contributed by atoms with E-state index in [0.717, 1.165) is 28.4 Å². The van der Waals surface area contributed by atoms with Crippen LogP contribution in [0.15, 0.2) is 42.5 Å². The van der Waals surface area contributed by atoms with E-state index >= 15 is 0 Å². The highest BCUT2D eigenvalue weighted by molar-refractivity contribution is 6.31. The number of anilines is 1. The molecule has 2 aromatic carbocycles. The summed E-state index contributed by atoms with van der Waals surface area (Å²) in [6.07, 6.45) is 1.03. The minimum Gasteiger partial charge on any atom is -0.481 e. The van der Waals surface area contributed by atoms with Crippen LogP contribution >= 0.6 is 11.6 Å². The lowest BCUT2D eigenvalue weighted by molar-refractivity contribution is 0.167. The summed E-state index contributed by atoms with van der Waals surface area (Å²) in [5.74, 6) is 0.910. The smallest absolute Gasteiger partial charge is 0.146 e. The van der Waals surface area contributed by atoms with Gasteiger partial charge in [0.1, 0.15) is 11.9 Å². The van der Waals surface area contributed by atoms with Crippen molar-refractivity contribution >= 4 is 17.3 Å². The molecule has 1 N–H and O–H groups in total. The van der Waals surface area contributed by atoms with Crippen molar-refractivity contribution in [3.05, 3.63) is 58.6 Å². The number of hydrogen-bond acceptors (Lipinski definition) is 2. The molecule has 0 saturated heterocycles. The van der Waals surface area contributed by atoms with Crippen molar-refractivity contribution in [2.45, 2.75) is 32.4 Å². The van der Waals surface area contributed by atoms with Gasteiger partial charge in [-0.15, -0.1) is 0 Å². The Labute approximate surface area is 124 Å². The van der Waals surface area contributed by atoms with E-state index in [2.05, 4.69) is 36.5 Å². The summed E-state index contributed by atoms with van der Waals surface area (Å²) in [7, 11) is 0. The van der Waals surface area contributed by atoms with E-state index in [4.69, 9.17) is 16.3 Å². The number of rotatable bonds is 2. The van der Waals surface area contributed by atoms with Crippen molar-refractivity contribution in [2.24, 2.45) is 0 Å². The molecule has 0 fully saturated rings. The van der Waals surface area contributed by atoms with Crippen molar-refractivity contribution in [3.63, 3.8) is 0 Å². The Morgan fingerprint density at radius 2 is 1.95 bits per heavy atom. The largest absolute Gasteiger partial charge is 0.481 e. The van der Waals surface area contributed by atoms with E-state index in [1.165, 1.54) is 5.56 Å². The van der Waals surface area contributed by atoms with Crippen LogP contribution in [0.3, 0.4) is 0 Å². The van der Waals surface area contributed by atoms with Gasteiger partial charge in [0.15, 0.2) is 0 Å². The number of nitrogens with one attached hydrogen (secondary N) is 1. The van der Waals surface area contributed by atoms with Crippen LogP contribution in [0.1, 0.15) is 30.6 Å². The lowest BCUT2D eigenvalue weighted by atomic mass is 9.97. The molecule has 0 spiro atoms. The van der Waals surface area contributed by atoms with Crippen LogP contribution in [0, 0.1) is 6.92 Å². The molecule has 1 aliphatic heterocycles. The molecule has 2 unspecified atom stereocenters. The third-order valence-electron chi connectivity index (χ3n) is 3.76. The molecule has 1 aliphatic rings. The van der Waals surface area contributed by atoms with Gasteiger partial charge in [0, 0.05) is 5.02 Å². The third kappa shape index (κ3) is 2.36. The Kier molecular flexibility index (Phi) is 3.58. The molecule has 2 nitrogen and oxygen atoms in total. The van der Waals surface area contributed by atoms with E-state index in [0.29, 0.717) is 0 Å². The Balaban J connectivity index is 2.02.